The van der Waals surface area contributed by atoms with Crippen LogP contribution < -0.4 is 5.73 Å². The van der Waals surface area contributed by atoms with Gasteiger partial charge in [0.2, 0.25) is 0 Å². The largest absolute Gasteiger partial charge is 0.416 e. The predicted octanol–water partition coefficient (Wildman–Crippen LogP) is 6.45. The molecule has 1 fully saturated rings. The van der Waals surface area contributed by atoms with Crippen molar-refractivity contribution in [3.8, 4) is 11.8 Å². The predicted molar refractivity (Wildman–Crippen MR) is 160 cm³/mol. The van der Waals surface area contributed by atoms with Gasteiger partial charge in [-0.2, -0.15) is 26.3 Å². The molecule has 0 unspecified atom stereocenters. The lowest BCUT2D eigenvalue weighted by molar-refractivity contribution is -0.143. The molecular weight excluding hydrogens is 631 g/mol. The number of fused-ring (bicyclic) bond motifs is 1. The molecule has 1 saturated heterocycles. The fourth-order valence-corrected chi connectivity index (χ4v) is 5.04. The van der Waals surface area contributed by atoms with Gasteiger partial charge in [0.25, 0.3) is 5.91 Å². The molecule has 2 aromatic heterocycles. The minimum absolute atomic E-state index is 0. The molecule has 0 saturated carbocycles. The maximum atomic E-state index is 13.6. The molecule has 6 nitrogen and oxygen atoms in total. The number of piperazine rings is 1. The van der Waals surface area contributed by atoms with Crippen molar-refractivity contribution in [2.75, 3.05) is 31.9 Å². The summed E-state index contributed by atoms with van der Waals surface area (Å²) in [6.45, 7) is 1.06. The molecule has 3 heterocycles. The second-order valence-corrected chi connectivity index (χ2v) is 10.0. The van der Waals surface area contributed by atoms with Gasteiger partial charge in [-0.05, 0) is 48.4 Å². The fourth-order valence-electron chi connectivity index (χ4n) is 5.04. The van der Waals surface area contributed by atoms with E-state index in [0.717, 1.165) is 16.5 Å². The highest BCUT2D eigenvalue weighted by atomic mass is 35.5. The molecule has 5 rings (SSSR count). The topological polar surface area (TPSA) is 78.2 Å². The zero-order valence-corrected chi connectivity index (χ0v) is 24.5. The fraction of sp³-hybridized carbons (Fsp3) is 0.267. The van der Waals surface area contributed by atoms with Crippen molar-refractivity contribution < 1.29 is 31.1 Å². The molecule has 1 aliphatic heterocycles. The number of carbonyl (C=O) groups is 1. The van der Waals surface area contributed by atoms with Gasteiger partial charge >= 0.3 is 12.4 Å². The molecule has 1 aliphatic rings. The summed E-state index contributed by atoms with van der Waals surface area (Å²) in [5.74, 6) is 5.53. The summed E-state index contributed by atoms with van der Waals surface area (Å²) < 4.78 is 81.0. The number of amides is 1. The number of halogens is 8. The normalized spacial score (nSPS) is 15.6. The Bertz CT molecular complexity index is 1630. The van der Waals surface area contributed by atoms with E-state index in [0.29, 0.717) is 49.6 Å². The van der Waals surface area contributed by atoms with E-state index in [2.05, 4.69) is 21.8 Å². The van der Waals surface area contributed by atoms with Crippen molar-refractivity contribution in [1.82, 2.24) is 19.8 Å². The highest BCUT2D eigenvalue weighted by Gasteiger charge is 2.39. The average Bonchev–Trinajstić information content (AvgIpc) is 3.35. The van der Waals surface area contributed by atoms with E-state index in [-0.39, 0.29) is 37.4 Å². The molecule has 0 bridgehead atoms. The van der Waals surface area contributed by atoms with Crippen LogP contribution in [0.3, 0.4) is 0 Å². The first kappa shape index (κ1) is 34.6. The summed E-state index contributed by atoms with van der Waals surface area (Å²) >= 11 is 0. The number of nitrogens with two attached hydrogens (primary N) is 1. The van der Waals surface area contributed by atoms with Crippen LogP contribution in [0.2, 0.25) is 0 Å². The van der Waals surface area contributed by atoms with Crippen LogP contribution in [-0.2, 0) is 18.8 Å². The summed E-state index contributed by atoms with van der Waals surface area (Å²) in [7, 11) is 0. The van der Waals surface area contributed by atoms with Gasteiger partial charge in [-0.1, -0.05) is 30.0 Å². The molecule has 234 valence electrons. The molecule has 1 atom stereocenters. The first-order valence-corrected chi connectivity index (χ1v) is 13.0. The summed E-state index contributed by atoms with van der Waals surface area (Å²) in [6.07, 6.45) is -6.45. The van der Waals surface area contributed by atoms with Crippen LogP contribution in [0, 0.1) is 11.8 Å². The number of hydrogen-bond donors (Lipinski definition) is 2. The van der Waals surface area contributed by atoms with Gasteiger partial charge in [0.1, 0.15) is 5.82 Å². The average molecular weight is 658 g/mol. The Morgan fingerprint density at radius 1 is 0.977 bits per heavy atom. The van der Waals surface area contributed by atoms with Crippen molar-refractivity contribution in [3.63, 3.8) is 0 Å². The van der Waals surface area contributed by atoms with Crippen LogP contribution >= 0.6 is 24.8 Å². The quantitative estimate of drug-likeness (QED) is 0.195. The number of aromatic amines is 1. The van der Waals surface area contributed by atoms with Crippen molar-refractivity contribution in [2.45, 2.75) is 24.8 Å². The number of aromatic nitrogens is 2. The number of H-pyrrole nitrogens is 1. The van der Waals surface area contributed by atoms with Crippen molar-refractivity contribution >= 4 is 47.4 Å². The molecule has 0 spiro atoms. The van der Waals surface area contributed by atoms with Crippen LogP contribution in [0.15, 0.2) is 67.0 Å². The number of pyridine rings is 1. The van der Waals surface area contributed by atoms with Crippen molar-refractivity contribution in [1.29, 1.82) is 0 Å². The SMILES string of the molecule is Cl.Cl.Nc1ccc(C#CCN2CCN(C(=O)c3cc(C(F)(F)F)cc(C(F)(F)F)c3)[C@H](Cc3c[nH]c4ccccc34)C2)cn1. The second-order valence-electron chi connectivity index (χ2n) is 10.0. The van der Waals surface area contributed by atoms with Gasteiger partial charge in [-0.15, -0.1) is 24.8 Å². The molecule has 0 radical (unpaired) electrons. The van der Waals surface area contributed by atoms with Crippen LogP contribution in [0.25, 0.3) is 10.9 Å². The first-order valence-electron chi connectivity index (χ1n) is 13.0. The number of benzene rings is 2. The third-order valence-electron chi connectivity index (χ3n) is 7.11. The molecule has 3 N–H and O–H groups in total. The summed E-state index contributed by atoms with van der Waals surface area (Å²) in [5, 5.41) is 0.913. The Morgan fingerprint density at radius 2 is 1.66 bits per heavy atom. The number of nitrogens with zero attached hydrogens (tertiary/aromatic N) is 3. The molecule has 0 aliphatic carbocycles. The Balaban J connectivity index is 0.00000264. The minimum atomic E-state index is -5.06. The van der Waals surface area contributed by atoms with E-state index in [9.17, 15) is 31.1 Å². The van der Waals surface area contributed by atoms with Gasteiger partial charge in [0.15, 0.2) is 0 Å². The monoisotopic (exact) mass is 657 g/mol. The first-order chi connectivity index (χ1) is 19.9. The van der Waals surface area contributed by atoms with Gasteiger partial charge < -0.3 is 15.6 Å². The van der Waals surface area contributed by atoms with Crippen molar-refractivity contribution in [2.24, 2.45) is 0 Å². The Labute approximate surface area is 261 Å². The summed E-state index contributed by atoms with van der Waals surface area (Å²) in [4.78, 5) is 24.1. The van der Waals surface area contributed by atoms with Crippen molar-refractivity contribution in [3.05, 3.63) is 94.8 Å². The third-order valence-corrected chi connectivity index (χ3v) is 7.11. The molecule has 14 heteroatoms. The van der Waals surface area contributed by atoms with E-state index in [4.69, 9.17) is 5.73 Å². The van der Waals surface area contributed by atoms with Crippen LogP contribution in [-0.4, -0.2) is 57.9 Å². The van der Waals surface area contributed by atoms with Gasteiger partial charge in [-0.3, -0.25) is 9.69 Å². The smallest absolute Gasteiger partial charge is 0.384 e. The van der Waals surface area contributed by atoms with Gasteiger partial charge in [0.05, 0.1) is 17.7 Å². The maximum Gasteiger partial charge on any atom is 0.416 e. The van der Waals surface area contributed by atoms with E-state index < -0.39 is 41.0 Å². The minimum Gasteiger partial charge on any atom is -0.384 e. The number of carbonyl (C=O) groups excluding carboxylic acids is 1. The zero-order chi connectivity index (χ0) is 30.1. The van der Waals surface area contributed by atoms with Crippen LogP contribution in [0.5, 0.6) is 0 Å². The molecule has 2 aromatic carbocycles. The Morgan fingerprint density at radius 3 is 2.30 bits per heavy atom. The maximum absolute atomic E-state index is 13.6. The lowest BCUT2D eigenvalue weighted by atomic mass is 9.98. The number of para-hydroxylation sites is 1. The van der Waals surface area contributed by atoms with E-state index in [1.54, 1.807) is 24.5 Å². The lowest BCUT2D eigenvalue weighted by Gasteiger charge is -2.41. The number of nitrogens with one attached hydrogen (secondary N) is 1. The standard InChI is InChI=1S/C30H25F6N5O.2ClH/c31-29(32,33)22-12-20(13-23(15-22)30(34,35)36)28(42)41-11-10-40(9-3-4-19-7-8-27(37)39-16-19)18-24(41)14-21-17-38-26-6-2-1-5-25(21)26;;/h1-2,5-8,12-13,15-17,24,38H,9-11,14,18H2,(H2,37,39);2*1H/t24-;;/m1../s1. The molecule has 1 amide bonds. The summed E-state index contributed by atoms with van der Waals surface area (Å²) in [6, 6.07) is 11.3. The number of alkyl halides is 6. The van der Waals surface area contributed by atoms with E-state index >= 15 is 0 Å². The third kappa shape index (κ3) is 7.96. The van der Waals surface area contributed by atoms with E-state index in [1.165, 1.54) is 4.90 Å². The van der Waals surface area contributed by atoms with Crippen LogP contribution in [0.4, 0.5) is 32.2 Å². The molecular formula is C30H27Cl2F6N5O. The van der Waals surface area contributed by atoms with E-state index in [1.807, 2.05) is 29.2 Å². The van der Waals surface area contributed by atoms with Gasteiger partial charge in [-0.25, -0.2) is 4.98 Å². The van der Waals surface area contributed by atoms with Crippen LogP contribution in [0.1, 0.15) is 32.6 Å². The number of nitrogen functional groups attached to an aromatic ring is 1. The number of rotatable bonds is 4. The Kier molecular flexibility index (Phi) is 10.8. The highest BCUT2D eigenvalue weighted by Crippen LogP contribution is 2.37. The number of hydrogen-bond acceptors (Lipinski definition) is 4. The highest BCUT2D eigenvalue weighted by molar-refractivity contribution is 5.95. The second kappa shape index (κ2) is 13.8. The zero-order valence-electron chi connectivity index (χ0n) is 22.9. The van der Waals surface area contributed by atoms with Gasteiger partial charge in [0, 0.05) is 60.1 Å². The summed E-state index contributed by atoms with van der Waals surface area (Å²) in [5.41, 5.74) is 4.29. The lowest BCUT2D eigenvalue weighted by Crippen LogP contribution is -2.56. The Hall–Kier alpha value is -3.92. The number of anilines is 1. The molecule has 44 heavy (non-hydrogen) atoms. The molecule has 4 aromatic rings.